The fourth-order valence-electron chi connectivity index (χ4n) is 1.74. The van der Waals surface area contributed by atoms with Gasteiger partial charge in [-0.2, -0.15) is 0 Å². The third-order valence-electron chi connectivity index (χ3n) is 2.15. The topological polar surface area (TPSA) is 21.7 Å². The minimum atomic E-state index is -0.168. The van der Waals surface area contributed by atoms with E-state index in [4.69, 9.17) is 9.31 Å². The Hall–Kier alpha value is -0.735. The summed E-state index contributed by atoms with van der Waals surface area (Å²) in [4.78, 5) is 2.09. The molecule has 1 fully saturated rings. The van der Waals surface area contributed by atoms with Crippen molar-refractivity contribution in [2.24, 2.45) is 0 Å². The first-order valence-electron chi connectivity index (χ1n) is 4.60. The molecule has 13 heavy (non-hydrogen) atoms. The van der Waals surface area contributed by atoms with E-state index >= 15 is 0 Å². The summed E-state index contributed by atoms with van der Waals surface area (Å²) in [6.45, 7) is 6.53. The van der Waals surface area contributed by atoms with Gasteiger partial charge in [0.25, 0.3) is 0 Å². The standard InChI is InChI=1S/C9H14BNO2/c1-8-5-9(2)7-11(6-8)10-12-3-4-13-10/h5-6H,3-4,7H2,1-2H3. The minimum absolute atomic E-state index is 0.168. The van der Waals surface area contributed by atoms with E-state index < -0.39 is 0 Å². The first-order chi connectivity index (χ1) is 6.25. The van der Waals surface area contributed by atoms with Gasteiger partial charge in [0.15, 0.2) is 0 Å². The summed E-state index contributed by atoms with van der Waals surface area (Å²) in [7, 11) is -0.168. The quantitative estimate of drug-likeness (QED) is 0.564. The molecular weight excluding hydrogens is 165 g/mol. The zero-order chi connectivity index (χ0) is 9.26. The third-order valence-corrected chi connectivity index (χ3v) is 2.15. The van der Waals surface area contributed by atoms with Crippen LogP contribution in [0, 0.1) is 0 Å². The Bertz CT molecular complexity index is 256. The van der Waals surface area contributed by atoms with Crippen LogP contribution in [0.2, 0.25) is 0 Å². The van der Waals surface area contributed by atoms with Crippen LogP contribution in [0.1, 0.15) is 13.8 Å². The summed E-state index contributed by atoms with van der Waals surface area (Å²) in [5.74, 6) is 0. The van der Waals surface area contributed by atoms with Crippen LogP contribution in [0.25, 0.3) is 0 Å². The van der Waals surface area contributed by atoms with Crippen LogP contribution in [0.15, 0.2) is 23.4 Å². The van der Waals surface area contributed by atoms with Crippen LogP contribution < -0.4 is 0 Å². The van der Waals surface area contributed by atoms with E-state index in [-0.39, 0.29) is 7.25 Å². The molecule has 2 heterocycles. The van der Waals surface area contributed by atoms with Gasteiger partial charge < -0.3 is 14.1 Å². The normalized spacial score (nSPS) is 23.2. The average Bonchev–Trinajstić information content (AvgIpc) is 2.53. The predicted octanol–water partition coefficient (Wildman–Crippen LogP) is 1.18. The summed E-state index contributed by atoms with van der Waals surface area (Å²) in [6.07, 6.45) is 4.27. The van der Waals surface area contributed by atoms with E-state index in [2.05, 4.69) is 30.9 Å². The van der Waals surface area contributed by atoms with Crippen molar-refractivity contribution in [1.29, 1.82) is 0 Å². The molecule has 0 unspecified atom stereocenters. The lowest BCUT2D eigenvalue weighted by Crippen LogP contribution is -2.39. The van der Waals surface area contributed by atoms with Crippen LogP contribution >= 0.6 is 0 Å². The molecule has 0 aromatic rings. The first kappa shape index (κ1) is 8.85. The summed E-state index contributed by atoms with van der Waals surface area (Å²) in [5.41, 5.74) is 2.60. The number of rotatable bonds is 1. The maximum absolute atomic E-state index is 5.42. The molecule has 1 saturated heterocycles. The van der Waals surface area contributed by atoms with Gasteiger partial charge in [0, 0.05) is 6.54 Å². The molecule has 0 aromatic carbocycles. The number of hydrogen-bond donors (Lipinski definition) is 0. The van der Waals surface area contributed by atoms with Gasteiger partial charge in [0.2, 0.25) is 0 Å². The highest BCUT2D eigenvalue weighted by Crippen LogP contribution is 2.16. The Morgan fingerprint density at radius 2 is 2.00 bits per heavy atom. The van der Waals surface area contributed by atoms with Gasteiger partial charge in [0.05, 0.1) is 13.2 Å². The van der Waals surface area contributed by atoms with Gasteiger partial charge in [-0.15, -0.1) is 0 Å². The van der Waals surface area contributed by atoms with Gasteiger partial charge >= 0.3 is 7.25 Å². The molecule has 0 aromatic heterocycles. The van der Waals surface area contributed by atoms with E-state index in [0.717, 1.165) is 6.54 Å². The molecule has 2 rings (SSSR count). The highest BCUT2D eigenvalue weighted by Gasteiger charge is 2.31. The SMILES string of the molecule is CC1=CN(B2OCCO2)CC(C)=C1. The molecule has 3 nitrogen and oxygen atoms in total. The monoisotopic (exact) mass is 179 g/mol. The Kier molecular flexibility index (Phi) is 2.42. The third kappa shape index (κ3) is 1.95. The molecule has 0 amide bonds. The largest absolute Gasteiger partial charge is 0.593 e. The Balaban J connectivity index is 2.05. The highest BCUT2D eigenvalue weighted by atomic mass is 16.6. The maximum atomic E-state index is 5.42. The van der Waals surface area contributed by atoms with E-state index in [1.165, 1.54) is 11.1 Å². The van der Waals surface area contributed by atoms with Crippen molar-refractivity contribution >= 4 is 7.25 Å². The number of allylic oxidation sites excluding steroid dienone is 2. The van der Waals surface area contributed by atoms with Crippen LogP contribution in [0.3, 0.4) is 0 Å². The lowest BCUT2D eigenvalue weighted by atomic mass is 10.00. The van der Waals surface area contributed by atoms with Crippen LogP contribution in [0.5, 0.6) is 0 Å². The van der Waals surface area contributed by atoms with E-state index in [1.807, 2.05) is 0 Å². The van der Waals surface area contributed by atoms with Crippen molar-refractivity contribution in [3.63, 3.8) is 0 Å². The lowest BCUT2D eigenvalue weighted by Gasteiger charge is -2.26. The van der Waals surface area contributed by atoms with Crippen molar-refractivity contribution in [2.75, 3.05) is 19.8 Å². The van der Waals surface area contributed by atoms with Gasteiger partial charge in [-0.05, 0) is 25.6 Å². The van der Waals surface area contributed by atoms with E-state index in [1.54, 1.807) is 0 Å². The van der Waals surface area contributed by atoms with Crippen LogP contribution in [-0.4, -0.2) is 31.8 Å². The van der Waals surface area contributed by atoms with Crippen molar-refractivity contribution < 1.29 is 9.31 Å². The molecule has 0 bridgehead atoms. The van der Waals surface area contributed by atoms with E-state index in [9.17, 15) is 0 Å². The van der Waals surface area contributed by atoms with Crippen molar-refractivity contribution in [2.45, 2.75) is 13.8 Å². The molecule has 0 saturated carbocycles. The van der Waals surface area contributed by atoms with Crippen LogP contribution in [-0.2, 0) is 9.31 Å². The van der Waals surface area contributed by atoms with Gasteiger partial charge in [-0.3, -0.25) is 0 Å². The first-order valence-corrected chi connectivity index (χ1v) is 4.60. The Morgan fingerprint density at radius 1 is 1.31 bits per heavy atom. The highest BCUT2D eigenvalue weighted by molar-refractivity contribution is 6.42. The summed E-state index contributed by atoms with van der Waals surface area (Å²) in [5, 5.41) is 0. The molecule has 2 aliphatic heterocycles. The minimum Gasteiger partial charge on any atom is -0.389 e. The molecular formula is C9H14BNO2. The zero-order valence-electron chi connectivity index (χ0n) is 8.12. The average molecular weight is 179 g/mol. The molecule has 2 aliphatic rings. The maximum Gasteiger partial charge on any atom is 0.593 e. The van der Waals surface area contributed by atoms with Crippen LogP contribution in [0.4, 0.5) is 0 Å². The fraction of sp³-hybridized carbons (Fsp3) is 0.556. The summed E-state index contributed by atoms with van der Waals surface area (Å²) < 4.78 is 10.8. The molecule has 0 atom stereocenters. The molecule has 0 radical (unpaired) electrons. The molecule has 0 N–H and O–H groups in total. The second-order valence-corrected chi connectivity index (χ2v) is 3.58. The smallest absolute Gasteiger partial charge is 0.389 e. The van der Waals surface area contributed by atoms with Crippen molar-refractivity contribution in [1.82, 2.24) is 4.81 Å². The molecule has 0 spiro atoms. The van der Waals surface area contributed by atoms with Gasteiger partial charge in [-0.1, -0.05) is 11.6 Å². The van der Waals surface area contributed by atoms with E-state index in [0.29, 0.717) is 13.2 Å². The predicted molar refractivity (Wildman–Crippen MR) is 51.9 cm³/mol. The zero-order valence-corrected chi connectivity index (χ0v) is 8.12. The Morgan fingerprint density at radius 3 is 2.62 bits per heavy atom. The van der Waals surface area contributed by atoms with Gasteiger partial charge in [-0.25, -0.2) is 0 Å². The Labute approximate surface area is 79.2 Å². The lowest BCUT2D eigenvalue weighted by molar-refractivity contribution is 0.302. The fourth-order valence-corrected chi connectivity index (χ4v) is 1.74. The molecule has 70 valence electrons. The number of hydrogen-bond acceptors (Lipinski definition) is 3. The molecule has 0 aliphatic carbocycles. The second kappa shape index (κ2) is 3.56. The van der Waals surface area contributed by atoms with Crippen molar-refractivity contribution in [3.8, 4) is 0 Å². The second-order valence-electron chi connectivity index (χ2n) is 3.58. The van der Waals surface area contributed by atoms with Gasteiger partial charge in [0.1, 0.15) is 0 Å². The molecule has 4 heteroatoms. The summed E-state index contributed by atoms with van der Waals surface area (Å²) >= 11 is 0. The van der Waals surface area contributed by atoms with Crippen molar-refractivity contribution in [3.05, 3.63) is 23.4 Å². The number of nitrogens with zero attached hydrogens (tertiary/aromatic N) is 1. The summed E-state index contributed by atoms with van der Waals surface area (Å²) in [6, 6.07) is 0.